The molecule has 0 fully saturated rings. The first-order valence-electron chi connectivity index (χ1n) is 4.66. The van der Waals surface area contributed by atoms with Crippen LogP contribution in [0.15, 0.2) is 0 Å². The molecule has 80 valence electrons. The van der Waals surface area contributed by atoms with Gasteiger partial charge >= 0.3 is 0 Å². The van der Waals surface area contributed by atoms with Crippen molar-refractivity contribution in [1.82, 2.24) is 0 Å². The molecule has 0 aliphatic heterocycles. The molecule has 5 heteroatoms. The van der Waals surface area contributed by atoms with E-state index in [1.165, 1.54) is 0 Å². The second-order valence-corrected chi connectivity index (χ2v) is 6.98. The van der Waals surface area contributed by atoms with Crippen LogP contribution in [0.5, 0.6) is 0 Å². The van der Waals surface area contributed by atoms with Crippen LogP contribution in [0.2, 0.25) is 0 Å². The van der Waals surface area contributed by atoms with Crippen molar-refractivity contribution in [3.63, 3.8) is 0 Å². The van der Waals surface area contributed by atoms with Gasteiger partial charge in [0.25, 0.3) is 0 Å². The lowest BCUT2D eigenvalue weighted by Crippen LogP contribution is -2.14. The molecule has 0 saturated heterocycles. The van der Waals surface area contributed by atoms with Crippen molar-refractivity contribution in [3.05, 3.63) is 0 Å². The highest BCUT2D eigenvalue weighted by Crippen LogP contribution is 2.18. The molecule has 0 aliphatic rings. The van der Waals surface area contributed by atoms with Crippen molar-refractivity contribution >= 4 is 19.8 Å². The van der Waals surface area contributed by atoms with Gasteiger partial charge in [-0.15, -0.1) is 0 Å². The Morgan fingerprint density at radius 2 is 2.00 bits per heavy atom. The summed E-state index contributed by atoms with van der Waals surface area (Å²) in [7, 11) is -2.59. The lowest BCUT2D eigenvalue weighted by atomic mass is 10.0. The van der Waals surface area contributed by atoms with Gasteiger partial charge in [-0.1, -0.05) is 33.1 Å². The normalized spacial score (nSPS) is 14.4. The summed E-state index contributed by atoms with van der Waals surface area (Å²) in [6, 6.07) is 0. The van der Waals surface area contributed by atoms with Crippen molar-refractivity contribution in [1.29, 1.82) is 0 Å². The molecule has 0 amide bonds. The van der Waals surface area contributed by atoms with Crippen molar-refractivity contribution in [3.8, 4) is 0 Å². The van der Waals surface area contributed by atoms with Crippen LogP contribution in [-0.2, 0) is 8.87 Å². The van der Waals surface area contributed by atoms with Crippen LogP contribution >= 0.6 is 11.0 Å². The third-order valence-corrected chi connectivity index (χ3v) is 4.59. The van der Waals surface area contributed by atoms with Crippen molar-refractivity contribution in [2.75, 3.05) is 5.75 Å². The van der Waals surface area contributed by atoms with E-state index in [1.807, 2.05) is 6.92 Å². The highest BCUT2D eigenvalue weighted by atomic mass is 33.1. The first kappa shape index (κ1) is 13.3. The average Bonchev–Trinajstić information content (AvgIpc) is 2.12. The van der Waals surface area contributed by atoms with Gasteiger partial charge in [0.2, 0.25) is 8.87 Å². The molecule has 0 rings (SSSR count). The quantitative estimate of drug-likeness (QED) is 0.532. The predicted octanol–water partition coefficient (Wildman–Crippen LogP) is 2.14. The van der Waals surface area contributed by atoms with Gasteiger partial charge in [-0.25, -0.2) is 8.42 Å². The third kappa shape index (κ3) is 6.35. The summed E-state index contributed by atoms with van der Waals surface area (Å²) in [5, 5.41) is 5.07. The maximum atomic E-state index is 11.2. The molecule has 0 radical (unpaired) electrons. The zero-order chi connectivity index (χ0) is 10.3. The Bertz CT molecular complexity index is 214. The Kier molecular flexibility index (Phi) is 6.81. The number of hydrogen-bond donors (Lipinski definition) is 1. The predicted molar refractivity (Wildman–Crippen MR) is 58.9 cm³/mol. The Hall–Kier alpha value is 0.260. The highest BCUT2D eigenvalue weighted by Gasteiger charge is 2.16. The monoisotopic (exact) mass is 225 g/mol. The van der Waals surface area contributed by atoms with Gasteiger partial charge in [0.05, 0.1) is 5.75 Å². The van der Waals surface area contributed by atoms with Crippen LogP contribution < -0.4 is 5.14 Å². The summed E-state index contributed by atoms with van der Waals surface area (Å²) in [6.07, 6.45) is 4.13. The molecule has 0 bridgehead atoms. The van der Waals surface area contributed by atoms with Gasteiger partial charge < -0.3 is 0 Å². The van der Waals surface area contributed by atoms with E-state index in [1.54, 1.807) is 0 Å². The lowest BCUT2D eigenvalue weighted by Gasteiger charge is -2.12. The van der Waals surface area contributed by atoms with Crippen LogP contribution in [0.4, 0.5) is 0 Å². The molecule has 0 aliphatic carbocycles. The van der Waals surface area contributed by atoms with Crippen molar-refractivity contribution in [2.24, 2.45) is 11.1 Å². The highest BCUT2D eigenvalue weighted by molar-refractivity contribution is 8.71. The maximum Gasteiger partial charge on any atom is 0.215 e. The van der Waals surface area contributed by atoms with Crippen molar-refractivity contribution in [2.45, 2.75) is 39.5 Å². The Labute approximate surface area is 84.9 Å². The van der Waals surface area contributed by atoms with E-state index in [0.717, 1.165) is 25.7 Å². The van der Waals surface area contributed by atoms with E-state index in [2.05, 4.69) is 6.92 Å². The zero-order valence-electron chi connectivity index (χ0n) is 8.32. The smallest absolute Gasteiger partial charge is 0.215 e. The first-order valence-corrected chi connectivity index (χ1v) is 7.71. The summed E-state index contributed by atoms with van der Waals surface area (Å²) < 4.78 is 22.3. The Morgan fingerprint density at radius 3 is 2.38 bits per heavy atom. The largest absolute Gasteiger partial charge is 0.264 e. The first-order chi connectivity index (χ1) is 6.05. The molecule has 0 heterocycles. The van der Waals surface area contributed by atoms with E-state index >= 15 is 0 Å². The second kappa shape index (κ2) is 6.68. The standard InChI is InChI=1S/C8H19NO2S2/c1-3-5-6-8(4-2)7-13(10,11)12-9/h8H,3-7,9H2,1-2H3. The third-order valence-electron chi connectivity index (χ3n) is 2.13. The topological polar surface area (TPSA) is 60.2 Å². The van der Waals surface area contributed by atoms with Gasteiger partial charge in [-0.2, -0.15) is 0 Å². The maximum absolute atomic E-state index is 11.2. The Balaban J connectivity index is 3.97. The van der Waals surface area contributed by atoms with E-state index in [9.17, 15) is 8.42 Å². The molecule has 0 spiro atoms. The van der Waals surface area contributed by atoms with Crippen LogP contribution in [0, 0.1) is 5.92 Å². The summed E-state index contributed by atoms with van der Waals surface area (Å²) in [4.78, 5) is 0. The van der Waals surface area contributed by atoms with Crippen LogP contribution in [0.1, 0.15) is 39.5 Å². The Morgan fingerprint density at radius 1 is 1.38 bits per heavy atom. The van der Waals surface area contributed by atoms with Gasteiger partial charge in [-0.05, 0) is 12.3 Å². The fourth-order valence-corrected chi connectivity index (χ4v) is 3.10. The van der Waals surface area contributed by atoms with Crippen LogP contribution in [-0.4, -0.2) is 14.2 Å². The van der Waals surface area contributed by atoms with E-state index in [4.69, 9.17) is 5.14 Å². The average molecular weight is 225 g/mol. The van der Waals surface area contributed by atoms with Crippen LogP contribution in [0.25, 0.3) is 0 Å². The van der Waals surface area contributed by atoms with Crippen molar-refractivity contribution < 1.29 is 8.42 Å². The van der Waals surface area contributed by atoms with Crippen LogP contribution in [0.3, 0.4) is 0 Å². The minimum atomic E-state index is -3.07. The van der Waals surface area contributed by atoms with E-state index < -0.39 is 8.87 Å². The lowest BCUT2D eigenvalue weighted by molar-refractivity contribution is 0.487. The number of nitrogens with two attached hydrogens (primary N) is 1. The molecule has 2 N–H and O–H groups in total. The SMILES string of the molecule is CCCCC(CC)CS(=O)(=O)SN. The molecule has 0 aromatic carbocycles. The second-order valence-electron chi connectivity index (χ2n) is 3.24. The molecule has 0 aromatic heterocycles. The molecular formula is C8H19NO2S2. The van der Waals surface area contributed by atoms with Gasteiger partial charge in [0.1, 0.15) is 0 Å². The summed E-state index contributed by atoms with van der Waals surface area (Å²) >= 11 is 0. The van der Waals surface area contributed by atoms with Gasteiger partial charge in [0.15, 0.2) is 0 Å². The van der Waals surface area contributed by atoms with E-state index in [-0.39, 0.29) is 11.7 Å². The number of unbranched alkanes of at least 4 members (excludes halogenated alkanes) is 1. The minimum absolute atomic E-state index is 0.227. The van der Waals surface area contributed by atoms with Gasteiger partial charge in [0, 0.05) is 11.0 Å². The molecule has 1 atom stereocenters. The minimum Gasteiger partial charge on any atom is -0.264 e. The zero-order valence-corrected chi connectivity index (χ0v) is 9.96. The van der Waals surface area contributed by atoms with Gasteiger partial charge in [-0.3, -0.25) is 5.14 Å². The summed E-state index contributed by atoms with van der Waals surface area (Å²) in [5.41, 5.74) is 0. The number of hydrogen-bond acceptors (Lipinski definition) is 4. The molecule has 0 saturated carbocycles. The molecule has 3 nitrogen and oxygen atoms in total. The number of rotatable bonds is 7. The summed E-state index contributed by atoms with van der Waals surface area (Å²) in [5.74, 6) is 0.506. The molecule has 13 heavy (non-hydrogen) atoms. The molecular weight excluding hydrogens is 206 g/mol. The fraction of sp³-hybridized carbons (Fsp3) is 1.00. The fourth-order valence-electron chi connectivity index (χ4n) is 1.23. The summed E-state index contributed by atoms with van der Waals surface area (Å²) in [6.45, 7) is 4.13. The molecule has 1 unspecified atom stereocenters. The van der Waals surface area contributed by atoms with E-state index in [0.29, 0.717) is 11.0 Å². The molecule has 0 aromatic rings.